The first-order chi connectivity index (χ1) is 13.8. The van der Waals surface area contributed by atoms with Gasteiger partial charge in [0.15, 0.2) is 5.96 Å². The summed E-state index contributed by atoms with van der Waals surface area (Å²) in [6.45, 7) is 5.62. The van der Waals surface area contributed by atoms with E-state index in [1.807, 2.05) is 67.0 Å². The van der Waals surface area contributed by atoms with Gasteiger partial charge in [0.1, 0.15) is 5.60 Å². The van der Waals surface area contributed by atoms with Crippen LogP contribution in [0.4, 0.5) is 5.69 Å². The molecule has 1 aromatic carbocycles. The lowest BCUT2D eigenvalue weighted by Gasteiger charge is -2.24. The lowest BCUT2D eigenvalue weighted by atomic mass is 9.99. The zero-order valence-electron chi connectivity index (χ0n) is 17.9. The van der Waals surface area contributed by atoms with Crippen molar-refractivity contribution in [3.63, 3.8) is 0 Å². The molecule has 0 saturated heterocycles. The molecule has 9 heteroatoms. The highest BCUT2D eigenvalue weighted by Gasteiger charge is 2.23. The SMILES string of the molecule is CCNC(=NCc1cccc(NC(=O)CN(C)C)c1)NCC(C)(O)c1ccsc1.I. The van der Waals surface area contributed by atoms with E-state index in [1.165, 1.54) is 0 Å². The van der Waals surface area contributed by atoms with Crippen molar-refractivity contribution in [3.05, 3.63) is 52.2 Å². The van der Waals surface area contributed by atoms with Crippen LogP contribution in [-0.2, 0) is 16.9 Å². The molecular weight excluding hydrogens is 513 g/mol. The number of hydrogen-bond donors (Lipinski definition) is 4. The van der Waals surface area contributed by atoms with Gasteiger partial charge < -0.3 is 26.0 Å². The van der Waals surface area contributed by atoms with Gasteiger partial charge in [0.25, 0.3) is 0 Å². The summed E-state index contributed by atoms with van der Waals surface area (Å²) in [7, 11) is 3.71. The summed E-state index contributed by atoms with van der Waals surface area (Å²) in [5.74, 6) is 0.575. The first kappa shape index (κ1) is 26.3. The Kier molecular flexibility index (Phi) is 11.3. The fourth-order valence-corrected chi connectivity index (χ4v) is 3.46. The maximum absolute atomic E-state index is 11.9. The van der Waals surface area contributed by atoms with Crippen molar-refractivity contribution in [2.24, 2.45) is 4.99 Å². The van der Waals surface area contributed by atoms with E-state index in [9.17, 15) is 9.90 Å². The quantitative estimate of drug-likeness (QED) is 0.221. The first-order valence-corrected chi connectivity index (χ1v) is 10.5. The van der Waals surface area contributed by atoms with Gasteiger partial charge in [0, 0.05) is 12.2 Å². The second kappa shape index (κ2) is 12.9. The zero-order valence-corrected chi connectivity index (χ0v) is 21.1. The van der Waals surface area contributed by atoms with Crippen LogP contribution in [0.25, 0.3) is 0 Å². The number of benzene rings is 1. The molecule has 1 heterocycles. The molecular formula is C21H32IN5O2S. The van der Waals surface area contributed by atoms with Crippen LogP contribution in [0.5, 0.6) is 0 Å². The van der Waals surface area contributed by atoms with E-state index in [1.54, 1.807) is 18.3 Å². The third-order valence-electron chi connectivity index (χ3n) is 4.18. The molecule has 30 heavy (non-hydrogen) atoms. The van der Waals surface area contributed by atoms with Crippen molar-refractivity contribution in [1.29, 1.82) is 0 Å². The van der Waals surface area contributed by atoms with Crippen LogP contribution in [0.1, 0.15) is 25.0 Å². The minimum atomic E-state index is -0.979. The number of anilines is 1. The normalized spacial score (nSPS) is 13.3. The highest BCUT2D eigenvalue weighted by atomic mass is 127. The lowest BCUT2D eigenvalue weighted by Crippen LogP contribution is -2.44. The Bertz CT molecular complexity index is 809. The number of nitrogens with one attached hydrogen (secondary N) is 3. The maximum Gasteiger partial charge on any atom is 0.238 e. The number of hydrogen-bond acceptors (Lipinski definition) is 5. The number of amides is 1. The van der Waals surface area contributed by atoms with Gasteiger partial charge in [-0.2, -0.15) is 11.3 Å². The third-order valence-corrected chi connectivity index (χ3v) is 4.86. The summed E-state index contributed by atoms with van der Waals surface area (Å²) in [6.07, 6.45) is 0. The van der Waals surface area contributed by atoms with Crippen LogP contribution < -0.4 is 16.0 Å². The van der Waals surface area contributed by atoms with E-state index >= 15 is 0 Å². The lowest BCUT2D eigenvalue weighted by molar-refractivity contribution is -0.116. The number of halogens is 1. The van der Waals surface area contributed by atoms with E-state index < -0.39 is 5.60 Å². The van der Waals surface area contributed by atoms with Crippen LogP contribution >= 0.6 is 35.3 Å². The Hall–Kier alpha value is -1.69. The molecule has 0 fully saturated rings. The number of aliphatic imine (C=N–C) groups is 1. The van der Waals surface area contributed by atoms with Crippen LogP contribution in [0.2, 0.25) is 0 Å². The van der Waals surface area contributed by atoms with E-state index in [4.69, 9.17) is 0 Å². The van der Waals surface area contributed by atoms with Crippen LogP contribution in [-0.4, -0.2) is 55.6 Å². The Morgan fingerprint density at radius 2 is 2.03 bits per heavy atom. The maximum atomic E-state index is 11.9. The van der Waals surface area contributed by atoms with E-state index in [2.05, 4.69) is 20.9 Å². The van der Waals surface area contributed by atoms with Gasteiger partial charge in [-0.3, -0.25) is 4.79 Å². The van der Waals surface area contributed by atoms with Gasteiger partial charge in [-0.05, 0) is 68.0 Å². The van der Waals surface area contributed by atoms with Gasteiger partial charge in [-0.15, -0.1) is 24.0 Å². The van der Waals surface area contributed by atoms with Crippen molar-refractivity contribution in [3.8, 4) is 0 Å². The highest BCUT2D eigenvalue weighted by Crippen LogP contribution is 2.22. The monoisotopic (exact) mass is 545 g/mol. The highest BCUT2D eigenvalue weighted by molar-refractivity contribution is 14.0. The molecule has 0 aliphatic rings. The number of aliphatic hydroxyl groups is 1. The molecule has 2 rings (SSSR count). The largest absolute Gasteiger partial charge is 0.384 e. The minimum Gasteiger partial charge on any atom is -0.384 e. The molecule has 0 radical (unpaired) electrons. The summed E-state index contributed by atoms with van der Waals surface area (Å²) < 4.78 is 0. The van der Waals surface area contributed by atoms with Gasteiger partial charge >= 0.3 is 0 Å². The Morgan fingerprint density at radius 1 is 1.27 bits per heavy atom. The molecule has 166 valence electrons. The Balaban J connectivity index is 0.00000450. The molecule has 0 bridgehead atoms. The molecule has 0 aliphatic heterocycles. The van der Waals surface area contributed by atoms with E-state index in [-0.39, 0.29) is 29.9 Å². The van der Waals surface area contributed by atoms with Crippen molar-refractivity contribution in [2.45, 2.75) is 26.0 Å². The van der Waals surface area contributed by atoms with Crippen molar-refractivity contribution >= 4 is 52.9 Å². The molecule has 0 aliphatic carbocycles. The smallest absolute Gasteiger partial charge is 0.238 e. The van der Waals surface area contributed by atoms with Crippen LogP contribution in [0.15, 0.2) is 46.1 Å². The van der Waals surface area contributed by atoms with Gasteiger partial charge in [0.05, 0.1) is 19.6 Å². The summed E-state index contributed by atoms with van der Waals surface area (Å²) in [6, 6.07) is 9.57. The van der Waals surface area contributed by atoms with E-state index in [0.29, 0.717) is 32.1 Å². The Labute approximate surface area is 200 Å². The second-order valence-corrected chi connectivity index (χ2v) is 8.10. The van der Waals surface area contributed by atoms with Crippen molar-refractivity contribution < 1.29 is 9.90 Å². The summed E-state index contributed by atoms with van der Waals surface area (Å²) in [5.41, 5.74) is 1.64. The molecule has 1 unspecified atom stereocenters. The second-order valence-electron chi connectivity index (χ2n) is 7.32. The van der Waals surface area contributed by atoms with Crippen molar-refractivity contribution in [1.82, 2.24) is 15.5 Å². The third kappa shape index (κ3) is 8.99. The molecule has 1 amide bonds. The molecule has 1 atom stereocenters. The fraction of sp³-hybridized carbons (Fsp3) is 0.429. The standard InChI is InChI=1S/C21H31N5O2S.HI/c1-5-22-20(24-15-21(2,28)17-9-10-29-14-17)23-12-16-7-6-8-18(11-16)25-19(27)13-26(3)4;/h6-11,14,28H,5,12-13,15H2,1-4H3,(H,25,27)(H2,22,23,24);1H. The van der Waals surface area contributed by atoms with Crippen LogP contribution in [0.3, 0.4) is 0 Å². The zero-order chi connectivity index (χ0) is 21.3. The summed E-state index contributed by atoms with van der Waals surface area (Å²) >= 11 is 1.56. The predicted octanol–water partition coefficient (Wildman–Crippen LogP) is 2.83. The fourth-order valence-electron chi connectivity index (χ4n) is 2.68. The number of carbonyl (C=O) groups is 1. The van der Waals surface area contributed by atoms with Gasteiger partial charge in [-0.25, -0.2) is 4.99 Å². The average molecular weight is 545 g/mol. The van der Waals surface area contributed by atoms with Gasteiger partial charge in [0.2, 0.25) is 5.91 Å². The number of thiophene rings is 1. The van der Waals surface area contributed by atoms with Crippen molar-refractivity contribution in [2.75, 3.05) is 39.0 Å². The molecule has 2 aromatic rings. The number of rotatable bonds is 9. The molecule has 1 aromatic heterocycles. The molecule has 7 nitrogen and oxygen atoms in total. The number of likely N-dealkylation sites (N-methyl/N-ethyl adjacent to an activating group) is 1. The Morgan fingerprint density at radius 3 is 2.67 bits per heavy atom. The number of carbonyl (C=O) groups excluding carboxylic acids is 1. The number of guanidine groups is 1. The topological polar surface area (TPSA) is 89.0 Å². The predicted molar refractivity (Wildman–Crippen MR) is 136 cm³/mol. The minimum absolute atomic E-state index is 0. The average Bonchev–Trinajstić information content (AvgIpc) is 3.19. The van der Waals surface area contributed by atoms with Gasteiger partial charge in [-0.1, -0.05) is 12.1 Å². The molecule has 0 saturated carbocycles. The molecule has 4 N–H and O–H groups in total. The van der Waals surface area contributed by atoms with Crippen LogP contribution in [0, 0.1) is 0 Å². The molecule has 0 spiro atoms. The summed E-state index contributed by atoms with van der Waals surface area (Å²) in [4.78, 5) is 18.4. The summed E-state index contributed by atoms with van der Waals surface area (Å²) in [5, 5.41) is 23.9. The number of nitrogens with zero attached hydrogens (tertiary/aromatic N) is 2. The van der Waals surface area contributed by atoms with E-state index in [0.717, 1.165) is 16.8 Å². The first-order valence-electron chi connectivity index (χ1n) is 9.61.